The third-order valence-corrected chi connectivity index (χ3v) is 6.09. The third kappa shape index (κ3) is 5.56. The van der Waals surface area contributed by atoms with Crippen LogP contribution in [-0.4, -0.2) is 29.1 Å². The number of nitro groups is 1. The number of aromatic nitrogens is 1. The Morgan fingerprint density at radius 1 is 1.11 bits per heavy atom. The molecule has 0 saturated heterocycles. The van der Waals surface area contributed by atoms with E-state index in [1.807, 2.05) is 30.3 Å². The summed E-state index contributed by atoms with van der Waals surface area (Å²) < 4.78 is 11.3. The number of hydrogen-bond donors (Lipinski definition) is 1. The number of methoxy groups -OCH3 is 1. The lowest BCUT2D eigenvalue weighted by molar-refractivity contribution is -0.384. The summed E-state index contributed by atoms with van der Waals surface area (Å²) in [6, 6.07) is 20.9. The second kappa shape index (κ2) is 10.4. The molecular weight excluding hydrogens is 472 g/mol. The highest BCUT2D eigenvalue weighted by Crippen LogP contribution is 2.40. The maximum Gasteiger partial charge on any atom is 0.272 e. The van der Waals surface area contributed by atoms with Crippen molar-refractivity contribution in [3.8, 4) is 11.5 Å². The van der Waals surface area contributed by atoms with Crippen molar-refractivity contribution >= 4 is 28.7 Å². The number of benzene rings is 3. The average molecular weight is 497 g/mol. The predicted octanol–water partition coefficient (Wildman–Crippen LogP) is 5.37. The summed E-state index contributed by atoms with van der Waals surface area (Å²) in [5.41, 5.74) is 6.44. The van der Waals surface area contributed by atoms with E-state index in [1.54, 1.807) is 30.3 Å². The van der Waals surface area contributed by atoms with Gasteiger partial charge in [0.1, 0.15) is 6.61 Å². The van der Waals surface area contributed by atoms with E-state index in [2.05, 4.69) is 10.5 Å². The molecule has 0 unspecified atom stereocenters. The largest absolute Gasteiger partial charge is 0.493 e. The highest BCUT2D eigenvalue weighted by atomic mass is 16.6. The molecule has 37 heavy (non-hydrogen) atoms. The van der Waals surface area contributed by atoms with E-state index in [4.69, 9.17) is 14.5 Å². The van der Waals surface area contributed by atoms with Crippen LogP contribution in [0.3, 0.4) is 0 Å². The van der Waals surface area contributed by atoms with Crippen LogP contribution < -0.4 is 14.9 Å². The molecule has 1 saturated carbocycles. The van der Waals surface area contributed by atoms with Crippen molar-refractivity contribution in [2.24, 2.45) is 5.10 Å². The fourth-order valence-corrected chi connectivity index (χ4v) is 3.96. The molecule has 0 spiro atoms. The molecule has 186 valence electrons. The first kappa shape index (κ1) is 23.9. The van der Waals surface area contributed by atoms with Crippen molar-refractivity contribution in [2.75, 3.05) is 7.11 Å². The molecule has 1 amide bonds. The van der Waals surface area contributed by atoms with Crippen LogP contribution in [0.25, 0.3) is 10.9 Å². The summed E-state index contributed by atoms with van der Waals surface area (Å²) in [7, 11) is 1.53. The zero-order valence-corrected chi connectivity index (χ0v) is 20.1. The van der Waals surface area contributed by atoms with E-state index in [9.17, 15) is 14.9 Å². The van der Waals surface area contributed by atoms with Crippen LogP contribution in [0.2, 0.25) is 0 Å². The summed E-state index contributed by atoms with van der Waals surface area (Å²) in [5.74, 6) is 1.13. The zero-order chi connectivity index (χ0) is 25.8. The van der Waals surface area contributed by atoms with Crippen molar-refractivity contribution in [3.05, 3.63) is 105 Å². The number of para-hydroxylation sites is 1. The molecule has 3 aromatic carbocycles. The number of pyridine rings is 1. The first-order valence-corrected chi connectivity index (χ1v) is 11.8. The standard InChI is InChI=1S/C28H24N4O5/c1-36-27-14-19(8-13-26(27)37-17-18-6-11-21(12-7-18)32(34)35)16-29-31-28(33)23-15-25(20-9-10-20)30-24-5-3-2-4-22(23)24/h2-8,11-16,20H,9-10,17H2,1H3,(H,31,33). The fourth-order valence-electron chi connectivity index (χ4n) is 3.96. The van der Waals surface area contributed by atoms with Crippen LogP contribution in [0.4, 0.5) is 5.69 Å². The van der Waals surface area contributed by atoms with Gasteiger partial charge in [-0.2, -0.15) is 5.10 Å². The molecule has 0 aliphatic heterocycles. The van der Waals surface area contributed by atoms with Gasteiger partial charge < -0.3 is 9.47 Å². The molecule has 9 nitrogen and oxygen atoms in total. The number of rotatable bonds is 9. The number of nitrogens with one attached hydrogen (secondary N) is 1. The van der Waals surface area contributed by atoms with Crippen molar-refractivity contribution in [1.82, 2.24) is 10.4 Å². The van der Waals surface area contributed by atoms with Gasteiger partial charge >= 0.3 is 0 Å². The Morgan fingerprint density at radius 3 is 2.62 bits per heavy atom. The topological polar surface area (TPSA) is 116 Å². The minimum absolute atomic E-state index is 0.0255. The maximum atomic E-state index is 13.0. The first-order valence-electron chi connectivity index (χ1n) is 11.8. The minimum atomic E-state index is -0.443. The first-order chi connectivity index (χ1) is 18.0. The van der Waals surface area contributed by atoms with Gasteiger partial charge in [-0.25, -0.2) is 5.43 Å². The Balaban J connectivity index is 1.26. The monoisotopic (exact) mass is 496 g/mol. The molecule has 0 bridgehead atoms. The summed E-state index contributed by atoms with van der Waals surface area (Å²) in [6.07, 6.45) is 3.73. The quantitative estimate of drug-likeness (QED) is 0.189. The van der Waals surface area contributed by atoms with E-state index in [0.717, 1.165) is 35.0 Å². The molecule has 5 rings (SSSR count). The molecule has 1 N–H and O–H groups in total. The molecular formula is C28H24N4O5. The molecule has 0 radical (unpaired) electrons. The molecule has 1 fully saturated rings. The number of hydrogen-bond acceptors (Lipinski definition) is 7. The van der Waals surface area contributed by atoms with Crippen molar-refractivity contribution in [1.29, 1.82) is 0 Å². The van der Waals surface area contributed by atoms with Crippen LogP contribution in [0.5, 0.6) is 11.5 Å². The highest BCUT2D eigenvalue weighted by Gasteiger charge is 2.26. The molecule has 1 heterocycles. The van der Waals surface area contributed by atoms with Gasteiger partial charge in [-0.15, -0.1) is 0 Å². The van der Waals surface area contributed by atoms with Gasteiger partial charge in [-0.3, -0.25) is 19.9 Å². The van der Waals surface area contributed by atoms with Gasteiger partial charge in [0.15, 0.2) is 11.5 Å². The Hall–Kier alpha value is -4.79. The van der Waals surface area contributed by atoms with E-state index in [-0.39, 0.29) is 18.2 Å². The van der Waals surface area contributed by atoms with Crippen molar-refractivity contribution in [3.63, 3.8) is 0 Å². The highest BCUT2D eigenvalue weighted by molar-refractivity contribution is 6.06. The third-order valence-electron chi connectivity index (χ3n) is 6.09. The number of fused-ring (bicyclic) bond motifs is 1. The van der Waals surface area contributed by atoms with E-state index < -0.39 is 4.92 Å². The number of amides is 1. The SMILES string of the molecule is COc1cc(C=NNC(=O)c2cc(C3CC3)nc3ccccc23)ccc1OCc1ccc([N+](=O)[O-])cc1. The van der Waals surface area contributed by atoms with Gasteiger partial charge in [0.2, 0.25) is 0 Å². The number of nitro benzene ring substituents is 1. The van der Waals surface area contributed by atoms with E-state index in [0.29, 0.717) is 28.5 Å². The minimum Gasteiger partial charge on any atom is -0.493 e. The van der Waals surface area contributed by atoms with Crippen molar-refractivity contribution < 1.29 is 19.2 Å². The van der Waals surface area contributed by atoms with E-state index in [1.165, 1.54) is 25.5 Å². The van der Waals surface area contributed by atoms with Crippen LogP contribution in [-0.2, 0) is 6.61 Å². The summed E-state index contributed by atoms with van der Waals surface area (Å²) in [5, 5.41) is 15.7. The number of hydrazone groups is 1. The summed E-state index contributed by atoms with van der Waals surface area (Å²) in [6.45, 7) is 0.223. The van der Waals surface area contributed by atoms with Gasteiger partial charge in [-0.05, 0) is 66.4 Å². The number of ether oxygens (including phenoxy) is 2. The molecule has 0 atom stereocenters. The van der Waals surface area contributed by atoms with Gasteiger partial charge in [0.25, 0.3) is 11.6 Å². The summed E-state index contributed by atoms with van der Waals surface area (Å²) >= 11 is 0. The lowest BCUT2D eigenvalue weighted by Crippen LogP contribution is -2.18. The van der Waals surface area contributed by atoms with Gasteiger partial charge in [0.05, 0.1) is 29.3 Å². The molecule has 9 heteroatoms. The Morgan fingerprint density at radius 2 is 1.89 bits per heavy atom. The lowest BCUT2D eigenvalue weighted by Gasteiger charge is -2.11. The van der Waals surface area contributed by atoms with Crippen LogP contribution in [0, 0.1) is 10.1 Å². The zero-order valence-electron chi connectivity index (χ0n) is 20.1. The van der Waals surface area contributed by atoms with Crippen LogP contribution in [0.1, 0.15) is 45.9 Å². The molecule has 1 aliphatic carbocycles. The van der Waals surface area contributed by atoms with Crippen molar-refractivity contribution in [2.45, 2.75) is 25.4 Å². The number of non-ortho nitro benzene ring substituents is 1. The summed E-state index contributed by atoms with van der Waals surface area (Å²) in [4.78, 5) is 28.0. The predicted molar refractivity (Wildman–Crippen MR) is 139 cm³/mol. The van der Waals surface area contributed by atoms with Gasteiger partial charge in [0, 0.05) is 29.1 Å². The molecule has 4 aromatic rings. The number of carbonyl (C=O) groups excluding carboxylic acids is 1. The number of nitrogens with zero attached hydrogens (tertiary/aromatic N) is 3. The Kier molecular flexibility index (Phi) is 6.76. The van der Waals surface area contributed by atoms with Crippen LogP contribution in [0.15, 0.2) is 77.9 Å². The van der Waals surface area contributed by atoms with E-state index >= 15 is 0 Å². The second-order valence-corrected chi connectivity index (χ2v) is 8.71. The smallest absolute Gasteiger partial charge is 0.272 e. The van der Waals surface area contributed by atoms with Crippen LogP contribution >= 0.6 is 0 Å². The Bertz CT molecular complexity index is 1500. The lowest BCUT2D eigenvalue weighted by atomic mass is 10.1. The normalized spacial score (nSPS) is 13.0. The van der Waals surface area contributed by atoms with Gasteiger partial charge in [-0.1, -0.05) is 18.2 Å². The second-order valence-electron chi connectivity index (χ2n) is 8.71. The average Bonchev–Trinajstić information content (AvgIpc) is 3.77. The molecule has 1 aliphatic rings. The number of carbonyl (C=O) groups is 1. The molecule has 1 aromatic heterocycles. The fraction of sp³-hybridized carbons (Fsp3) is 0.179. The Labute approximate surface area is 212 Å². The maximum absolute atomic E-state index is 13.0.